The minimum Gasteiger partial charge on any atom is -0.497 e. The molecule has 1 amide bonds. The minimum atomic E-state index is -0.857. The van der Waals surface area contributed by atoms with Crippen molar-refractivity contribution in [3.63, 3.8) is 0 Å². The van der Waals surface area contributed by atoms with Crippen molar-refractivity contribution in [3.05, 3.63) is 29.8 Å². The van der Waals surface area contributed by atoms with Crippen molar-refractivity contribution in [1.29, 1.82) is 0 Å². The van der Waals surface area contributed by atoms with Gasteiger partial charge in [-0.05, 0) is 38.0 Å². The van der Waals surface area contributed by atoms with Gasteiger partial charge in [0, 0.05) is 20.0 Å². The third-order valence-corrected chi connectivity index (χ3v) is 2.84. The van der Waals surface area contributed by atoms with Crippen LogP contribution in [-0.2, 0) is 11.2 Å². The summed E-state index contributed by atoms with van der Waals surface area (Å²) < 4.78 is 5.08. The summed E-state index contributed by atoms with van der Waals surface area (Å²) in [5.41, 5.74) is 0.246. The van der Waals surface area contributed by atoms with E-state index >= 15 is 0 Å². The van der Waals surface area contributed by atoms with Crippen LogP contribution in [-0.4, -0.2) is 42.2 Å². The molecule has 0 heterocycles. The van der Waals surface area contributed by atoms with Crippen molar-refractivity contribution in [1.82, 2.24) is 4.90 Å². The predicted molar refractivity (Wildman–Crippen MR) is 75.2 cm³/mol. The van der Waals surface area contributed by atoms with Crippen molar-refractivity contribution in [3.8, 4) is 5.75 Å². The number of carbonyl (C=O) groups is 1. The average molecular weight is 265 g/mol. The van der Waals surface area contributed by atoms with Gasteiger partial charge in [-0.3, -0.25) is 4.79 Å². The summed E-state index contributed by atoms with van der Waals surface area (Å²) in [7, 11) is 3.35. The van der Waals surface area contributed by atoms with Crippen LogP contribution in [0.4, 0.5) is 0 Å². The van der Waals surface area contributed by atoms with E-state index in [-0.39, 0.29) is 5.91 Å². The molecule has 0 saturated carbocycles. The van der Waals surface area contributed by atoms with Gasteiger partial charge in [0.2, 0.25) is 5.91 Å². The maximum atomic E-state index is 11.9. The Morgan fingerprint density at radius 2 is 1.89 bits per heavy atom. The standard InChI is InChI=1S/C15H23NO3/c1-15(2,18)11-16(3)14(17)10-7-12-5-8-13(19-4)9-6-12/h5-6,8-9,18H,7,10-11H2,1-4H3. The second kappa shape index (κ2) is 6.57. The molecule has 1 N–H and O–H groups in total. The van der Waals surface area contributed by atoms with Crippen LogP contribution in [0.5, 0.6) is 5.75 Å². The number of ether oxygens (including phenoxy) is 1. The third-order valence-electron chi connectivity index (χ3n) is 2.84. The van der Waals surface area contributed by atoms with Gasteiger partial charge in [0.15, 0.2) is 0 Å². The van der Waals surface area contributed by atoms with Crippen LogP contribution in [0.1, 0.15) is 25.8 Å². The Labute approximate surface area is 115 Å². The quantitative estimate of drug-likeness (QED) is 0.854. The molecule has 0 unspecified atom stereocenters. The highest BCUT2D eigenvalue weighted by atomic mass is 16.5. The van der Waals surface area contributed by atoms with Gasteiger partial charge in [0.25, 0.3) is 0 Å². The van der Waals surface area contributed by atoms with Crippen LogP contribution in [0.3, 0.4) is 0 Å². The first-order chi connectivity index (χ1) is 8.81. The normalized spacial score (nSPS) is 11.2. The van der Waals surface area contributed by atoms with Gasteiger partial charge in [-0.15, -0.1) is 0 Å². The largest absolute Gasteiger partial charge is 0.497 e. The number of nitrogens with zero attached hydrogens (tertiary/aromatic N) is 1. The molecule has 1 rings (SSSR count). The highest BCUT2D eigenvalue weighted by molar-refractivity contribution is 5.76. The van der Waals surface area contributed by atoms with Crippen molar-refractivity contribution >= 4 is 5.91 Å². The van der Waals surface area contributed by atoms with Crippen molar-refractivity contribution in [2.24, 2.45) is 0 Å². The van der Waals surface area contributed by atoms with Crippen molar-refractivity contribution in [2.75, 3.05) is 20.7 Å². The van der Waals surface area contributed by atoms with Crippen LogP contribution in [0.25, 0.3) is 0 Å². The molecule has 4 nitrogen and oxygen atoms in total. The summed E-state index contributed by atoms with van der Waals surface area (Å²) in [5, 5.41) is 9.67. The fourth-order valence-corrected chi connectivity index (χ4v) is 1.90. The van der Waals surface area contributed by atoms with Crippen molar-refractivity contribution < 1.29 is 14.6 Å². The lowest BCUT2D eigenvalue weighted by atomic mass is 10.1. The van der Waals surface area contributed by atoms with Gasteiger partial charge in [0.1, 0.15) is 5.75 Å². The van der Waals surface area contributed by atoms with Crippen LogP contribution < -0.4 is 4.74 Å². The molecule has 0 aliphatic heterocycles. The zero-order valence-electron chi connectivity index (χ0n) is 12.1. The van der Waals surface area contributed by atoms with Crippen LogP contribution in [0, 0.1) is 0 Å². The maximum absolute atomic E-state index is 11.9. The number of methoxy groups -OCH3 is 1. The summed E-state index contributed by atoms with van der Waals surface area (Å²) in [6.45, 7) is 3.73. The first-order valence-electron chi connectivity index (χ1n) is 6.41. The number of aliphatic hydroxyl groups is 1. The molecule has 1 aromatic carbocycles. The van der Waals surface area contributed by atoms with Crippen LogP contribution in [0.15, 0.2) is 24.3 Å². The average Bonchev–Trinajstić information content (AvgIpc) is 2.34. The number of hydrogen-bond donors (Lipinski definition) is 1. The summed E-state index contributed by atoms with van der Waals surface area (Å²) in [4.78, 5) is 13.5. The van der Waals surface area contributed by atoms with E-state index in [1.807, 2.05) is 24.3 Å². The molecule has 1 aromatic rings. The summed E-state index contributed by atoms with van der Waals surface area (Å²) in [6, 6.07) is 7.70. The maximum Gasteiger partial charge on any atom is 0.222 e. The predicted octanol–water partition coefficient (Wildman–Crippen LogP) is 1.86. The first kappa shape index (κ1) is 15.5. The van der Waals surface area contributed by atoms with Gasteiger partial charge < -0.3 is 14.7 Å². The fourth-order valence-electron chi connectivity index (χ4n) is 1.90. The molecule has 106 valence electrons. The first-order valence-corrected chi connectivity index (χ1v) is 6.41. The lowest BCUT2D eigenvalue weighted by Gasteiger charge is -2.25. The van der Waals surface area contributed by atoms with E-state index in [1.54, 1.807) is 32.9 Å². The third kappa shape index (κ3) is 5.75. The lowest BCUT2D eigenvalue weighted by Crippen LogP contribution is -2.39. The van der Waals surface area contributed by atoms with E-state index in [9.17, 15) is 9.90 Å². The molecule has 0 radical (unpaired) electrons. The molecule has 0 saturated heterocycles. The molecular formula is C15H23NO3. The van der Waals surface area contributed by atoms with Crippen LogP contribution in [0.2, 0.25) is 0 Å². The Morgan fingerprint density at radius 1 is 1.32 bits per heavy atom. The highest BCUT2D eigenvalue weighted by Gasteiger charge is 2.18. The van der Waals surface area contributed by atoms with E-state index in [0.717, 1.165) is 11.3 Å². The Hall–Kier alpha value is -1.55. The van der Waals surface area contributed by atoms with E-state index in [1.165, 1.54) is 0 Å². The molecule has 0 aliphatic rings. The van der Waals surface area contributed by atoms with Crippen molar-refractivity contribution in [2.45, 2.75) is 32.3 Å². The summed E-state index contributed by atoms with van der Waals surface area (Å²) >= 11 is 0. The second-order valence-electron chi connectivity index (χ2n) is 5.41. The van der Waals surface area contributed by atoms with E-state index in [4.69, 9.17) is 4.74 Å². The second-order valence-corrected chi connectivity index (χ2v) is 5.41. The molecule has 0 bridgehead atoms. The lowest BCUT2D eigenvalue weighted by molar-refractivity contribution is -0.132. The fraction of sp³-hybridized carbons (Fsp3) is 0.533. The number of aryl methyl sites for hydroxylation is 1. The molecule has 4 heteroatoms. The van der Waals surface area contributed by atoms with Crippen LogP contribution >= 0.6 is 0 Å². The SMILES string of the molecule is COc1ccc(CCC(=O)N(C)CC(C)(C)O)cc1. The molecule has 0 aliphatic carbocycles. The summed E-state index contributed by atoms with van der Waals surface area (Å²) in [5.74, 6) is 0.854. The number of rotatable bonds is 6. The van der Waals surface area contributed by atoms with E-state index in [0.29, 0.717) is 19.4 Å². The molecule has 0 atom stereocenters. The smallest absolute Gasteiger partial charge is 0.222 e. The Bertz CT molecular complexity index is 406. The number of carbonyl (C=O) groups excluding carboxylic acids is 1. The zero-order chi connectivity index (χ0) is 14.5. The van der Waals surface area contributed by atoms with Gasteiger partial charge in [0.05, 0.1) is 12.7 Å². The molecular weight excluding hydrogens is 242 g/mol. The summed E-state index contributed by atoms with van der Waals surface area (Å²) in [6.07, 6.45) is 1.14. The zero-order valence-corrected chi connectivity index (χ0v) is 12.1. The molecule has 0 aromatic heterocycles. The van der Waals surface area contributed by atoms with E-state index < -0.39 is 5.60 Å². The Morgan fingerprint density at radius 3 is 2.37 bits per heavy atom. The monoisotopic (exact) mass is 265 g/mol. The molecule has 19 heavy (non-hydrogen) atoms. The van der Waals surface area contributed by atoms with Gasteiger partial charge in [-0.1, -0.05) is 12.1 Å². The van der Waals surface area contributed by atoms with Gasteiger partial charge >= 0.3 is 0 Å². The number of benzene rings is 1. The van der Waals surface area contributed by atoms with E-state index in [2.05, 4.69) is 0 Å². The Kier molecular flexibility index (Phi) is 5.36. The Balaban J connectivity index is 2.45. The topological polar surface area (TPSA) is 49.8 Å². The minimum absolute atomic E-state index is 0.0398. The highest BCUT2D eigenvalue weighted by Crippen LogP contribution is 2.13. The molecule has 0 fully saturated rings. The van der Waals surface area contributed by atoms with Gasteiger partial charge in [-0.2, -0.15) is 0 Å². The number of hydrogen-bond acceptors (Lipinski definition) is 3. The number of amides is 1. The molecule has 0 spiro atoms. The van der Waals surface area contributed by atoms with Gasteiger partial charge in [-0.25, -0.2) is 0 Å². The number of likely N-dealkylation sites (N-methyl/N-ethyl adjacent to an activating group) is 1.